The van der Waals surface area contributed by atoms with Crippen LogP contribution >= 0.6 is 15.9 Å². The molecule has 2 N–H and O–H groups in total. The average Bonchev–Trinajstić information content (AvgIpc) is 2.41. The van der Waals surface area contributed by atoms with Gasteiger partial charge in [-0.05, 0) is 24.3 Å². The lowest BCUT2D eigenvalue weighted by atomic mass is 10.3. The number of halogens is 1. The monoisotopic (exact) mass is 323 g/mol. The molecular formula is C11H10BrN5O2. The minimum absolute atomic E-state index is 0.145. The first-order valence-corrected chi connectivity index (χ1v) is 6.11. The standard InChI is InChI=1S/C11H10BrN5O2/c1-13-11-14-6-9(17(18)19)10(16-11)15-8-4-2-7(12)3-5-8/h2-6H,1H3,(H2,13,14,15,16). The summed E-state index contributed by atoms with van der Waals surface area (Å²) >= 11 is 3.32. The molecule has 0 aliphatic rings. The molecule has 0 amide bonds. The molecule has 0 unspecified atom stereocenters. The van der Waals surface area contributed by atoms with Crippen molar-refractivity contribution in [3.63, 3.8) is 0 Å². The van der Waals surface area contributed by atoms with E-state index in [-0.39, 0.29) is 11.5 Å². The van der Waals surface area contributed by atoms with Gasteiger partial charge in [-0.25, -0.2) is 4.98 Å². The highest BCUT2D eigenvalue weighted by Crippen LogP contribution is 2.26. The van der Waals surface area contributed by atoms with E-state index >= 15 is 0 Å². The summed E-state index contributed by atoms with van der Waals surface area (Å²) in [6.45, 7) is 0. The van der Waals surface area contributed by atoms with E-state index in [0.717, 1.165) is 4.47 Å². The molecule has 2 aromatic rings. The van der Waals surface area contributed by atoms with E-state index < -0.39 is 4.92 Å². The van der Waals surface area contributed by atoms with Crippen LogP contribution in [0, 0.1) is 10.1 Å². The number of rotatable bonds is 4. The number of nitrogens with one attached hydrogen (secondary N) is 2. The summed E-state index contributed by atoms with van der Waals surface area (Å²) in [5.41, 5.74) is 0.522. The molecule has 0 aliphatic heterocycles. The van der Waals surface area contributed by atoms with Gasteiger partial charge in [-0.2, -0.15) is 4.98 Å². The number of nitro groups is 1. The van der Waals surface area contributed by atoms with Crippen molar-refractivity contribution in [2.24, 2.45) is 0 Å². The minimum atomic E-state index is -0.527. The van der Waals surface area contributed by atoms with Crippen molar-refractivity contribution in [3.8, 4) is 0 Å². The van der Waals surface area contributed by atoms with Gasteiger partial charge in [0, 0.05) is 17.2 Å². The second-order valence-electron chi connectivity index (χ2n) is 3.57. The molecule has 19 heavy (non-hydrogen) atoms. The Hall–Kier alpha value is -2.22. The zero-order valence-electron chi connectivity index (χ0n) is 9.92. The molecule has 0 saturated carbocycles. The Balaban J connectivity index is 2.36. The van der Waals surface area contributed by atoms with Gasteiger partial charge in [-0.3, -0.25) is 10.1 Å². The molecule has 1 aromatic heterocycles. The second kappa shape index (κ2) is 5.61. The van der Waals surface area contributed by atoms with Crippen LogP contribution in [0.25, 0.3) is 0 Å². The van der Waals surface area contributed by atoms with Crippen molar-refractivity contribution >= 4 is 39.1 Å². The van der Waals surface area contributed by atoms with Crippen LogP contribution in [0.15, 0.2) is 34.9 Å². The van der Waals surface area contributed by atoms with E-state index in [0.29, 0.717) is 11.6 Å². The molecule has 0 aliphatic carbocycles. The highest BCUT2D eigenvalue weighted by Gasteiger charge is 2.17. The molecule has 1 aromatic carbocycles. The molecule has 2 rings (SSSR count). The van der Waals surface area contributed by atoms with E-state index in [1.54, 1.807) is 19.2 Å². The summed E-state index contributed by atoms with van der Waals surface area (Å²) in [7, 11) is 1.64. The van der Waals surface area contributed by atoms with E-state index in [1.807, 2.05) is 12.1 Å². The third-order valence-electron chi connectivity index (χ3n) is 2.30. The number of benzene rings is 1. The van der Waals surface area contributed by atoms with Crippen molar-refractivity contribution in [1.82, 2.24) is 9.97 Å². The summed E-state index contributed by atoms with van der Waals surface area (Å²) in [5.74, 6) is 0.455. The summed E-state index contributed by atoms with van der Waals surface area (Å²) < 4.78 is 0.922. The van der Waals surface area contributed by atoms with Gasteiger partial charge in [0.15, 0.2) is 0 Å². The number of nitrogens with zero attached hydrogens (tertiary/aromatic N) is 3. The zero-order valence-corrected chi connectivity index (χ0v) is 11.5. The largest absolute Gasteiger partial charge is 0.357 e. The van der Waals surface area contributed by atoms with Gasteiger partial charge < -0.3 is 10.6 Å². The van der Waals surface area contributed by atoms with Crippen LogP contribution in [-0.2, 0) is 0 Å². The number of hydrogen-bond donors (Lipinski definition) is 2. The maximum atomic E-state index is 10.9. The van der Waals surface area contributed by atoms with Crippen molar-refractivity contribution in [3.05, 3.63) is 45.0 Å². The Bertz CT molecular complexity index is 603. The van der Waals surface area contributed by atoms with Gasteiger partial charge in [0.2, 0.25) is 11.8 Å². The number of aromatic nitrogens is 2. The van der Waals surface area contributed by atoms with Gasteiger partial charge in [-0.1, -0.05) is 15.9 Å². The van der Waals surface area contributed by atoms with Gasteiger partial charge in [0.05, 0.1) is 4.92 Å². The third kappa shape index (κ3) is 3.16. The Morgan fingerprint density at radius 3 is 2.58 bits per heavy atom. The molecule has 0 spiro atoms. The number of anilines is 3. The Labute approximate surface area is 117 Å². The molecule has 0 bridgehead atoms. The summed E-state index contributed by atoms with van der Waals surface area (Å²) in [4.78, 5) is 18.3. The molecule has 0 radical (unpaired) electrons. The molecule has 0 saturated heterocycles. The minimum Gasteiger partial charge on any atom is -0.357 e. The fourth-order valence-corrected chi connectivity index (χ4v) is 1.66. The zero-order chi connectivity index (χ0) is 13.8. The van der Waals surface area contributed by atoms with Gasteiger partial charge in [-0.15, -0.1) is 0 Å². The lowest BCUT2D eigenvalue weighted by Crippen LogP contribution is -2.04. The maximum absolute atomic E-state index is 10.9. The molecule has 8 heteroatoms. The molecular weight excluding hydrogens is 314 g/mol. The molecule has 98 valence electrons. The Kier molecular flexibility index (Phi) is 3.91. The fourth-order valence-electron chi connectivity index (χ4n) is 1.39. The second-order valence-corrected chi connectivity index (χ2v) is 4.48. The van der Waals surface area contributed by atoms with Crippen LogP contribution in [0.2, 0.25) is 0 Å². The molecule has 7 nitrogen and oxygen atoms in total. The first-order valence-electron chi connectivity index (χ1n) is 5.32. The van der Waals surface area contributed by atoms with E-state index in [2.05, 4.69) is 36.5 Å². The van der Waals surface area contributed by atoms with Crippen molar-refractivity contribution < 1.29 is 4.92 Å². The molecule has 1 heterocycles. The van der Waals surface area contributed by atoms with Crippen LogP contribution in [-0.4, -0.2) is 21.9 Å². The van der Waals surface area contributed by atoms with E-state index in [9.17, 15) is 10.1 Å². The maximum Gasteiger partial charge on any atom is 0.329 e. The third-order valence-corrected chi connectivity index (χ3v) is 2.83. The summed E-state index contributed by atoms with van der Waals surface area (Å²) in [6, 6.07) is 7.23. The van der Waals surface area contributed by atoms with Crippen LogP contribution < -0.4 is 10.6 Å². The van der Waals surface area contributed by atoms with Gasteiger partial charge in [0.25, 0.3) is 0 Å². The normalized spacial score (nSPS) is 10.0. The first-order chi connectivity index (χ1) is 9.10. The molecule has 0 fully saturated rings. The van der Waals surface area contributed by atoms with Crippen molar-refractivity contribution in [1.29, 1.82) is 0 Å². The molecule has 0 atom stereocenters. The van der Waals surface area contributed by atoms with Crippen LogP contribution in [0.5, 0.6) is 0 Å². The van der Waals surface area contributed by atoms with Crippen molar-refractivity contribution in [2.75, 3.05) is 17.7 Å². The highest BCUT2D eigenvalue weighted by atomic mass is 79.9. The summed E-state index contributed by atoms with van der Waals surface area (Å²) in [6.07, 6.45) is 1.17. The number of hydrogen-bond acceptors (Lipinski definition) is 6. The Morgan fingerprint density at radius 1 is 1.32 bits per heavy atom. The Morgan fingerprint density at radius 2 is 2.00 bits per heavy atom. The average molecular weight is 324 g/mol. The van der Waals surface area contributed by atoms with E-state index in [1.165, 1.54) is 6.20 Å². The van der Waals surface area contributed by atoms with Crippen molar-refractivity contribution in [2.45, 2.75) is 0 Å². The SMILES string of the molecule is CNc1ncc([N+](=O)[O-])c(Nc2ccc(Br)cc2)n1. The van der Waals surface area contributed by atoms with Gasteiger partial charge in [0.1, 0.15) is 6.20 Å². The fraction of sp³-hybridized carbons (Fsp3) is 0.0909. The van der Waals surface area contributed by atoms with Crippen LogP contribution in [0.3, 0.4) is 0 Å². The smallest absolute Gasteiger partial charge is 0.329 e. The lowest BCUT2D eigenvalue weighted by molar-refractivity contribution is -0.384. The van der Waals surface area contributed by atoms with Gasteiger partial charge >= 0.3 is 5.69 Å². The highest BCUT2D eigenvalue weighted by molar-refractivity contribution is 9.10. The quantitative estimate of drug-likeness (QED) is 0.663. The van der Waals surface area contributed by atoms with Crippen LogP contribution in [0.1, 0.15) is 0 Å². The van der Waals surface area contributed by atoms with Crippen LogP contribution in [0.4, 0.5) is 23.1 Å². The van der Waals surface area contributed by atoms with E-state index in [4.69, 9.17) is 0 Å². The summed E-state index contributed by atoms with van der Waals surface area (Å²) in [5, 5.41) is 16.6. The topological polar surface area (TPSA) is 93.0 Å². The predicted octanol–water partition coefficient (Wildman–Crippen LogP) is 2.93. The lowest BCUT2D eigenvalue weighted by Gasteiger charge is -2.07. The predicted molar refractivity (Wildman–Crippen MR) is 75.7 cm³/mol. The first kappa shape index (κ1) is 13.2.